The van der Waals surface area contributed by atoms with Crippen LogP contribution < -0.4 is 10.5 Å². The SMILES string of the molecule is Nc1ccccc1C(=O)O.O=C=Nc1ccc(Oc2ccccc2)cc1. The van der Waals surface area contributed by atoms with Crippen LogP contribution in [0.3, 0.4) is 0 Å². The lowest BCUT2D eigenvalue weighted by molar-refractivity contribution is 0.0698. The number of isocyanates is 1. The molecule has 0 unspecified atom stereocenters. The van der Waals surface area contributed by atoms with Gasteiger partial charge in [-0.3, -0.25) is 0 Å². The molecule has 6 heteroatoms. The van der Waals surface area contributed by atoms with Crippen LogP contribution in [0.2, 0.25) is 0 Å². The van der Waals surface area contributed by atoms with Crippen molar-refractivity contribution in [2.24, 2.45) is 4.99 Å². The molecule has 0 amide bonds. The Hall–Kier alpha value is -3.89. The molecule has 0 spiro atoms. The summed E-state index contributed by atoms with van der Waals surface area (Å²) in [5.41, 5.74) is 6.36. The van der Waals surface area contributed by atoms with Gasteiger partial charge in [0, 0.05) is 5.69 Å². The summed E-state index contributed by atoms with van der Waals surface area (Å²) in [6.45, 7) is 0. The molecule has 0 radical (unpaired) electrons. The number of aliphatic imine (C=N–C) groups is 1. The van der Waals surface area contributed by atoms with E-state index >= 15 is 0 Å². The van der Waals surface area contributed by atoms with Crippen molar-refractivity contribution in [3.63, 3.8) is 0 Å². The summed E-state index contributed by atoms with van der Waals surface area (Å²) in [5.74, 6) is 0.489. The van der Waals surface area contributed by atoms with Gasteiger partial charge in [0.2, 0.25) is 6.08 Å². The molecule has 26 heavy (non-hydrogen) atoms. The number of carboxylic acid groups (broad SMARTS) is 1. The molecular formula is C20H16N2O4. The number of benzene rings is 3. The van der Waals surface area contributed by atoms with Gasteiger partial charge < -0.3 is 15.6 Å². The number of anilines is 1. The number of ether oxygens (including phenoxy) is 1. The molecule has 3 rings (SSSR count). The molecule has 6 nitrogen and oxygen atoms in total. The molecule has 0 bridgehead atoms. The summed E-state index contributed by atoms with van der Waals surface area (Å²) in [6, 6.07) is 22.7. The zero-order valence-corrected chi connectivity index (χ0v) is 13.7. The number of rotatable bonds is 4. The highest BCUT2D eigenvalue weighted by Gasteiger charge is 2.03. The molecule has 3 N–H and O–H groups in total. The monoisotopic (exact) mass is 348 g/mol. The Bertz CT molecular complexity index is 903. The average molecular weight is 348 g/mol. The third-order valence-corrected chi connectivity index (χ3v) is 3.18. The minimum absolute atomic E-state index is 0.155. The second-order valence-electron chi connectivity index (χ2n) is 5.00. The average Bonchev–Trinajstić information content (AvgIpc) is 2.65. The minimum Gasteiger partial charge on any atom is -0.478 e. The Morgan fingerprint density at radius 1 is 0.885 bits per heavy atom. The fraction of sp³-hybridized carbons (Fsp3) is 0. The number of nitrogens with zero attached hydrogens (tertiary/aromatic N) is 1. The van der Waals surface area contributed by atoms with E-state index in [1.165, 1.54) is 12.1 Å². The second kappa shape index (κ2) is 9.42. The van der Waals surface area contributed by atoms with Gasteiger partial charge in [0.1, 0.15) is 11.5 Å². The predicted molar refractivity (Wildman–Crippen MR) is 98.6 cm³/mol. The van der Waals surface area contributed by atoms with E-state index in [0.29, 0.717) is 17.1 Å². The van der Waals surface area contributed by atoms with E-state index < -0.39 is 5.97 Å². The largest absolute Gasteiger partial charge is 0.478 e. The van der Waals surface area contributed by atoms with Crippen LogP contribution >= 0.6 is 0 Å². The van der Waals surface area contributed by atoms with Crippen molar-refractivity contribution in [3.8, 4) is 11.5 Å². The number of nitrogens with two attached hydrogens (primary N) is 1. The fourth-order valence-corrected chi connectivity index (χ4v) is 1.96. The number of carboxylic acids is 1. The first-order chi connectivity index (χ1) is 12.6. The van der Waals surface area contributed by atoms with E-state index in [9.17, 15) is 9.59 Å². The van der Waals surface area contributed by atoms with Crippen molar-refractivity contribution >= 4 is 23.4 Å². The van der Waals surface area contributed by atoms with Gasteiger partial charge in [0.15, 0.2) is 0 Å². The molecule has 0 saturated heterocycles. The smallest absolute Gasteiger partial charge is 0.337 e. The van der Waals surface area contributed by atoms with Gasteiger partial charge in [0.25, 0.3) is 0 Å². The van der Waals surface area contributed by atoms with Crippen LogP contribution in [0.25, 0.3) is 0 Å². The predicted octanol–water partition coefficient (Wildman–Crippen LogP) is 4.41. The van der Waals surface area contributed by atoms with Crippen LogP contribution in [0.1, 0.15) is 10.4 Å². The topological polar surface area (TPSA) is 102 Å². The van der Waals surface area contributed by atoms with Gasteiger partial charge in [-0.1, -0.05) is 30.3 Å². The quantitative estimate of drug-likeness (QED) is 0.413. The lowest BCUT2D eigenvalue weighted by Gasteiger charge is -2.04. The van der Waals surface area contributed by atoms with Gasteiger partial charge in [0.05, 0.1) is 11.3 Å². The molecule has 0 aliphatic carbocycles. The number of para-hydroxylation sites is 2. The highest BCUT2D eigenvalue weighted by molar-refractivity contribution is 5.93. The maximum atomic E-state index is 10.3. The number of aromatic carboxylic acids is 1. The summed E-state index contributed by atoms with van der Waals surface area (Å²) in [7, 11) is 0. The van der Waals surface area contributed by atoms with Crippen molar-refractivity contribution in [2.75, 3.05) is 5.73 Å². The zero-order chi connectivity index (χ0) is 18.8. The summed E-state index contributed by atoms with van der Waals surface area (Å²) >= 11 is 0. The maximum Gasteiger partial charge on any atom is 0.337 e. The molecule has 0 aliphatic rings. The van der Waals surface area contributed by atoms with E-state index in [0.717, 1.165) is 5.75 Å². The van der Waals surface area contributed by atoms with Crippen LogP contribution in [0.4, 0.5) is 11.4 Å². The first-order valence-electron chi connectivity index (χ1n) is 7.59. The Labute approximate surface area is 150 Å². The molecule has 130 valence electrons. The number of hydrogen-bond acceptors (Lipinski definition) is 5. The first kappa shape index (κ1) is 18.4. The van der Waals surface area contributed by atoms with Crippen molar-refractivity contribution in [1.29, 1.82) is 0 Å². The van der Waals surface area contributed by atoms with E-state index in [1.807, 2.05) is 30.3 Å². The van der Waals surface area contributed by atoms with E-state index in [4.69, 9.17) is 15.6 Å². The highest BCUT2D eigenvalue weighted by atomic mass is 16.5. The van der Waals surface area contributed by atoms with Crippen molar-refractivity contribution < 1.29 is 19.4 Å². The normalized spacial score (nSPS) is 9.23. The van der Waals surface area contributed by atoms with Crippen LogP contribution in [0, 0.1) is 0 Å². The first-order valence-corrected chi connectivity index (χ1v) is 7.59. The summed E-state index contributed by atoms with van der Waals surface area (Å²) in [4.78, 5) is 23.9. The number of carbonyl (C=O) groups is 1. The molecule has 0 heterocycles. The zero-order valence-electron chi connectivity index (χ0n) is 13.7. The van der Waals surface area contributed by atoms with Gasteiger partial charge in [-0.15, -0.1) is 0 Å². The lowest BCUT2D eigenvalue weighted by atomic mass is 10.2. The van der Waals surface area contributed by atoms with Crippen LogP contribution in [-0.4, -0.2) is 17.2 Å². The van der Waals surface area contributed by atoms with Crippen molar-refractivity contribution in [3.05, 3.63) is 84.4 Å². The van der Waals surface area contributed by atoms with Gasteiger partial charge in [-0.2, -0.15) is 4.99 Å². The maximum absolute atomic E-state index is 10.3. The third kappa shape index (κ3) is 5.63. The van der Waals surface area contributed by atoms with E-state index in [-0.39, 0.29) is 5.56 Å². The summed E-state index contributed by atoms with van der Waals surface area (Å²) in [6.07, 6.45) is 1.49. The summed E-state index contributed by atoms with van der Waals surface area (Å²) in [5, 5.41) is 8.49. The number of hydrogen-bond donors (Lipinski definition) is 2. The van der Waals surface area contributed by atoms with Crippen LogP contribution in [0.5, 0.6) is 11.5 Å². The Morgan fingerprint density at radius 2 is 1.46 bits per heavy atom. The highest BCUT2D eigenvalue weighted by Crippen LogP contribution is 2.23. The lowest BCUT2D eigenvalue weighted by Crippen LogP contribution is -2.00. The van der Waals surface area contributed by atoms with Crippen LogP contribution in [-0.2, 0) is 4.79 Å². The Morgan fingerprint density at radius 3 is 2.00 bits per heavy atom. The third-order valence-electron chi connectivity index (χ3n) is 3.18. The fourth-order valence-electron chi connectivity index (χ4n) is 1.96. The van der Waals surface area contributed by atoms with Gasteiger partial charge in [-0.05, 0) is 48.5 Å². The van der Waals surface area contributed by atoms with E-state index in [1.54, 1.807) is 42.5 Å². The Kier molecular flexibility index (Phi) is 6.68. The molecule has 3 aromatic rings. The van der Waals surface area contributed by atoms with Gasteiger partial charge in [-0.25, -0.2) is 9.59 Å². The van der Waals surface area contributed by atoms with Crippen LogP contribution in [0.15, 0.2) is 83.9 Å². The Balaban J connectivity index is 0.000000209. The second-order valence-corrected chi connectivity index (χ2v) is 5.00. The van der Waals surface area contributed by atoms with Crippen molar-refractivity contribution in [1.82, 2.24) is 0 Å². The molecule has 3 aromatic carbocycles. The molecule has 0 aliphatic heterocycles. The molecule has 0 atom stereocenters. The standard InChI is InChI=1S/C13H9NO2.C7H7NO2/c15-10-14-11-6-8-13(9-7-11)16-12-4-2-1-3-5-12;8-6-4-2-1-3-5(6)7(9)10/h1-9H;1-4H,8H2,(H,9,10). The van der Waals surface area contributed by atoms with Crippen molar-refractivity contribution in [2.45, 2.75) is 0 Å². The molecule has 0 fully saturated rings. The molecule has 0 aromatic heterocycles. The molecular weight excluding hydrogens is 332 g/mol. The van der Waals surface area contributed by atoms with Gasteiger partial charge >= 0.3 is 5.97 Å². The molecule has 0 saturated carbocycles. The number of nitrogen functional groups attached to an aromatic ring is 1. The minimum atomic E-state index is -0.988. The summed E-state index contributed by atoms with van der Waals surface area (Å²) < 4.78 is 5.57. The number of carbonyl (C=O) groups excluding carboxylic acids is 1. The van der Waals surface area contributed by atoms with E-state index in [2.05, 4.69) is 4.99 Å².